The van der Waals surface area contributed by atoms with Gasteiger partial charge >= 0.3 is 0 Å². The molecule has 2 heterocycles. The molecular formula is C14H18N2O3. The molecule has 0 aromatic heterocycles. The Morgan fingerprint density at radius 2 is 2.05 bits per heavy atom. The van der Waals surface area contributed by atoms with Crippen molar-refractivity contribution in [3.8, 4) is 11.5 Å². The van der Waals surface area contributed by atoms with E-state index in [0.29, 0.717) is 23.1 Å². The van der Waals surface area contributed by atoms with E-state index in [1.165, 1.54) is 6.07 Å². The third kappa shape index (κ3) is 2.14. The highest BCUT2D eigenvalue weighted by Crippen LogP contribution is 2.30. The summed E-state index contributed by atoms with van der Waals surface area (Å²) in [6, 6.07) is 4.75. The molecule has 102 valence electrons. The number of nitrogens with zero attached hydrogens (tertiary/aromatic N) is 1. The number of benzene rings is 1. The number of phenolic OH excluding ortho intramolecular Hbond substituents is 1. The zero-order valence-corrected chi connectivity index (χ0v) is 10.9. The molecule has 5 heteroatoms. The fourth-order valence-electron chi connectivity index (χ4n) is 3.00. The first-order chi connectivity index (χ1) is 9.19. The number of rotatable bonds is 2. The van der Waals surface area contributed by atoms with E-state index in [0.717, 1.165) is 26.2 Å². The van der Waals surface area contributed by atoms with Gasteiger partial charge in [-0.25, -0.2) is 0 Å². The van der Waals surface area contributed by atoms with E-state index in [9.17, 15) is 9.90 Å². The monoisotopic (exact) mass is 262 g/mol. The van der Waals surface area contributed by atoms with E-state index in [1.807, 2.05) is 4.90 Å². The van der Waals surface area contributed by atoms with Crippen LogP contribution >= 0.6 is 0 Å². The van der Waals surface area contributed by atoms with Gasteiger partial charge in [-0.1, -0.05) is 0 Å². The average Bonchev–Trinajstić information content (AvgIpc) is 2.99. The highest BCUT2D eigenvalue weighted by Gasteiger charge is 2.38. The fraction of sp³-hybridized carbons (Fsp3) is 0.500. The maximum atomic E-state index is 12.5. The van der Waals surface area contributed by atoms with Crippen molar-refractivity contribution in [3.63, 3.8) is 0 Å². The molecular weight excluding hydrogens is 244 g/mol. The summed E-state index contributed by atoms with van der Waals surface area (Å²) < 4.78 is 5.11. The minimum atomic E-state index is -0.106. The molecule has 0 radical (unpaired) electrons. The van der Waals surface area contributed by atoms with Crippen molar-refractivity contribution < 1.29 is 14.6 Å². The molecule has 2 fully saturated rings. The predicted molar refractivity (Wildman–Crippen MR) is 70.4 cm³/mol. The molecule has 3 rings (SSSR count). The number of carbonyl (C=O) groups is 1. The number of ether oxygens (including phenoxy) is 1. The molecule has 0 saturated carbocycles. The van der Waals surface area contributed by atoms with Gasteiger partial charge in [0.2, 0.25) is 0 Å². The lowest BCUT2D eigenvalue weighted by Crippen LogP contribution is -2.31. The Balaban J connectivity index is 1.80. The summed E-state index contributed by atoms with van der Waals surface area (Å²) in [4.78, 5) is 14.3. The number of carbonyl (C=O) groups excluding carboxylic acids is 1. The molecule has 2 aliphatic heterocycles. The van der Waals surface area contributed by atoms with Crippen molar-refractivity contribution in [1.82, 2.24) is 10.2 Å². The molecule has 2 aliphatic rings. The van der Waals surface area contributed by atoms with Crippen LogP contribution in [0.2, 0.25) is 0 Å². The van der Waals surface area contributed by atoms with Crippen LogP contribution in [0.1, 0.15) is 10.4 Å². The average molecular weight is 262 g/mol. The maximum Gasteiger partial charge on any atom is 0.257 e. The summed E-state index contributed by atoms with van der Waals surface area (Å²) in [6.45, 7) is 3.51. The third-order valence-corrected chi connectivity index (χ3v) is 4.11. The van der Waals surface area contributed by atoms with E-state index >= 15 is 0 Å². The van der Waals surface area contributed by atoms with Gasteiger partial charge in [0, 0.05) is 26.2 Å². The normalized spacial score (nSPS) is 25.4. The van der Waals surface area contributed by atoms with Crippen molar-refractivity contribution in [1.29, 1.82) is 0 Å². The van der Waals surface area contributed by atoms with Gasteiger partial charge in [-0.15, -0.1) is 0 Å². The van der Waals surface area contributed by atoms with Crippen molar-refractivity contribution in [2.24, 2.45) is 11.8 Å². The Hall–Kier alpha value is -1.75. The fourth-order valence-corrected chi connectivity index (χ4v) is 3.00. The Labute approximate surface area is 112 Å². The van der Waals surface area contributed by atoms with Gasteiger partial charge < -0.3 is 20.1 Å². The zero-order valence-electron chi connectivity index (χ0n) is 10.9. The number of likely N-dealkylation sites (tertiary alicyclic amines) is 1. The highest BCUT2D eigenvalue weighted by molar-refractivity contribution is 5.97. The minimum absolute atomic E-state index is 0.0148. The highest BCUT2D eigenvalue weighted by atomic mass is 16.5. The number of phenols is 1. The van der Waals surface area contributed by atoms with Gasteiger partial charge in [-0.05, 0) is 30.0 Å². The van der Waals surface area contributed by atoms with Crippen LogP contribution in [-0.4, -0.2) is 49.2 Å². The zero-order chi connectivity index (χ0) is 13.4. The smallest absolute Gasteiger partial charge is 0.257 e. The van der Waals surface area contributed by atoms with Gasteiger partial charge in [-0.3, -0.25) is 4.79 Å². The van der Waals surface area contributed by atoms with Crippen LogP contribution in [0, 0.1) is 11.8 Å². The molecule has 2 unspecified atom stereocenters. The summed E-state index contributed by atoms with van der Waals surface area (Å²) in [5, 5.41) is 13.2. The second kappa shape index (κ2) is 4.74. The summed E-state index contributed by atoms with van der Waals surface area (Å²) in [5.74, 6) is 1.60. The van der Waals surface area contributed by atoms with Gasteiger partial charge in [0.05, 0.1) is 12.7 Å². The largest absolute Gasteiger partial charge is 0.507 e. The molecule has 2 N–H and O–H groups in total. The molecule has 2 saturated heterocycles. The van der Waals surface area contributed by atoms with Crippen molar-refractivity contribution in [2.45, 2.75) is 0 Å². The second-order valence-electron chi connectivity index (χ2n) is 5.27. The van der Waals surface area contributed by atoms with Crippen molar-refractivity contribution >= 4 is 5.91 Å². The van der Waals surface area contributed by atoms with E-state index in [-0.39, 0.29) is 11.7 Å². The first-order valence-corrected chi connectivity index (χ1v) is 6.56. The Morgan fingerprint density at radius 3 is 2.68 bits per heavy atom. The SMILES string of the molecule is COc1ccc(O)c(C(=O)N2CC3CNCC3C2)c1. The van der Waals surface area contributed by atoms with Crippen LogP contribution in [-0.2, 0) is 0 Å². The topological polar surface area (TPSA) is 61.8 Å². The van der Waals surface area contributed by atoms with Crippen LogP contribution in [0.25, 0.3) is 0 Å². The van der Waals surface area contributed by atoms with E-state index in [4.69, 9.17) is 4.74 Å². The summed E-state index contributed by atoms with van der Waals surface area (Å²) in [7, 11) is 1.55. The lowest BCUT2D eigenvalue weighted by molar-refractivity contribution is 0.0778. The van der Waals surface area contributed by atoms with Crippen molar-refractivity contribution in [2.75, 3.05) is 33.3 Å². The Morgan fingerprint density at radius 1 is 1.37 bits per heavy atom. The molecule has 2 atom stereocenters. The number of nitrogens with one attached hydrogen (secondary N) is 1. The maximum absolute atomic E-state index is 12.5. The molecule has 0 spiro atoms. The van der Waals surface area contributed by atoms with Gasteiger partial charge in [0.1, 0.15) is 11.5 Å². The van der Waals surface area contributed by atoms with Crippen LogP contribution in [0.4, 0.5) is 0 Å². The number of amides is 1. The molecule has 1 amide bonds. The Bertz CT molecular complexity index is 491. The Kier molecular flexibility index (Phi) is 3.06. The first kappa shape index (κ1) is 12.3. The third-order valence-electron chi connectivity index (χ3n) is 4.11. The molecule has 1 aromatic rings. The molecule has 0 aliphatic carbocycles. The number of hydrogen-bond acceptors (Lipinski definition) is 4. The van der Waals surface area contributed by atoms with E-state index in [2.05, 4.69) is 5.32 Å². The van der Waals surface area contributed by atoms with Crippen molar-refractivity contribution in [3.05, 3.63) is 23.8 Å². The minimum Gasteiger partial charge on any atom is -0.507 e. The van der Waals surface area contributed by atoms with Gasteiger partial charge in [0.25, 0.3) is 5.91 Å². The van der Waals surface area contributed by atoms with Crippen LogP contribution in [0.5, 0.6) is 11.5 Å². The van der Waals surface area contributed by atoms with Crippen LogP contribution < -0.4 is 10.1 Å². The van der Waals surface area contributed by atoms with Crippen LogP contribution in [0.15, 0.2) is 18.2 Å². The molecule has 1 aromatic carbocycles. The molecule has 19 heavy (non-hydrogen) atoms. The van der Waals surface area contributed by atoms with E-state index < -0.39 is 0 Å². The van der Waals surface area contributed by atoms with Gasteiger partial charge in [0.15, 0.2) is 0 Å². The standard InChI is InChI=1S/C14H18N2O3/c1-19-11-2-3-13(17)12(4-11)14(18)16-7-9-5-15-6-10(9)8-16/h2-4,9-10,15,17H,5-8H2,1H3. The molecule has 5 nitrogen and oxygen atoms in total. The number of hydrogen-bond donors (Lipinski definition) is 2. The lowest BCUT2D eigenvalue weighted by atomic mass is 10.0. The number of aromatic hydroxyl groups is 1. The summed E-state index contributed by atoms with van der Waals surface area (Å²) >= 11 is 0. The van der Waals surface area contributed by atoms with Gasteiger partial charge in [-0.2, -0.15) is 0 Å². The summed E-state index contributed by atoms with van der Waals surface area (Å²) in [5.41, 5.74) is 0.326. The van der Waals surface area contributed by atoms with Crippen LogP contribution in [0.3, 0.4) is 0 Å². The molecule has 0 bridgehead atoms. The lowest BCUT2D eigenvalue weighted by Gasteiger charge is -2.18. The predicted octanol–water partition coefficient (Wildman–Crippen LogP) is 0.692. The first-order valence-electron chi connectivity index (χ1n) is 6.56. The number of methoxy groups -OCH3 is 1. The second-order valence-corrected chi connectivity index (χ2v) is 5.27. The van der Waals surface area contributed by atoms with E-state index in [1.54, 1.807) is 19.2 Å². The quantitative estimate of drug-likeness (QED) is 0.823. The number of fused-ring (bicyclic) bond motifs is 1. The summed E-state index contributed by atoms with van der Waals surface area (Å²) in [6.07, 6.45) is 0.